The molecule has 112 valence electrons. The second-order valence-corrected chi connectivity index (χ2v) is 5.98. The van der Waals surface area contributed by atoms with E-state index in [-0.39, 0.29) is 6.04 Å². The molecular weight excluding hydrogens is 276 g/mol. The van der Waals surface area contributed by atoms with Crippen molar-refractivity contribution < 1.29 is 0 Å². The van der Waals surface area contributed by atoms with Gasteiger partial charge in [0, 0.05) is 12.2 Å². The molecule has 22 heavy (non-hydrogen) atoms. The Hall–Kier alpha value is -2.42. The third-order valence-electron chi connectivity index (χ3n) is 4.59. The number of hydrogen-bond acceptors (Lipinski definition) is 5. The van der Waals surface area contributed by atoms with Gasteiger partial charge in [-0.05, 0) is 38.5 Å². The molecule has 2 aromatic rings. The average Bonchev–Trinajstić information content (AvgIpc) is 3.21. The Labute approximate surface area is 129 Å². The van der Waals surface area contributed by atoms with Crippen LogP contribution < -0.4 is 4.90 Å². The highest BCUT2D eigenvalue weighted by molar-refractivity contribution is 5.41. The minimum absolute atomic E-state index is 0.243. The molecule has 6 heteroatoms. The summed E-state index contributed by atoms with van der Waals surface area (Å²) in [7, 11) is 0. The molecule has 2 aromatic heterocycles. The molecule has 1 atom stereocenters. The lowest BCUT2D eigenvalue weighted by Gasteiger charge is -2.23. The van der Waals surface area contributed by atoms with Gasteiger partial charge in [-0.15, -0.1) is 0 Å². The maximum absolute atomic E-state index is 8.84. The zero-order valence-corrected chi connectivity index (χ0v) is 12.4. The van der Waals surface area contributed by atoms with E-state index in [0.717, 1.165) is 43.9 Å². The number of nitriles is 1. The van der Waals surface area contributed by atoms with Crippen LogP contribution in [0.25, 0.3) is 0 Å². The quantitative estimate of drug-likeness (QED) is 0.919. The van der Waals surface area contributed by atoms with Crippen LogP contribution in [-0.4, -0.2) is 26.5 Å². The maximum Gasteiger partial charge on any atom is 0.158 e. The first kappa shape index (κ1) is 13.3. The normalized spacial score (nSPS) is 20.7. The standard InChI is InChI=1S/C16H18N6/c17-8-11-9-19-15(10-18-11)22-7-3-6-14(22)16-20-12-4-1-2-5-13(12)21-16/h9-10,14H,1-7H2,(H,20,21). The van der Waals surface area contributed by atoms with Gasteiger partial charge in [-0.25, -0.2) is 15.0 Å². The first-order valence-electron chi connectivity index (χ1n) is 7.91. The number of aryl methyl sites for hydroxylation is 2. The summed E-state index contributed by atoms with van der Waals surface area (Å²) in [5, 5.41) is 8.84. The summed E-state index contributed by atoms with van der Waals surface area (Å²) in [5.74, 6) is 1.89. The fourth-order valence-electron chi connectivity index (χ4n) is 3.49. The molecule has 0 bridgehead atoms. The van der Waals surface area contributed by atoms with Gasteiger partial charge in [0.1, 0.15) is 17.7 Å². The number of H-pyrrole nitrogens is 1. The molecule has 1 unspecified atom stereocenters. The van der Waals surface area contributed by atoms with Crippen LogP contribution in [-0.2, 0) is 12.8 Å². The van der Waals surface area contributed by atoms with Gasteiger partial charge in [-0.2, -0.15) is 5.26 Å². The topological polar surface area (TPSA) is 81.5 Å². The lowest BCUT2D eigenvalue weighted by atomic mass is 10.0. The summed E-state index contributed by atoms with van der Waals surface area (Å²) in [4.78, 5) is 19.2. The summed E-state index contributed by atoms with van der Waals surface area (Å²) in [5.41, 5.74) is 2.92. The Morgan fingerprint density at radius 2 is 2.09 bits per heavy atom. The Morgan fingerprint density at radius 3 is 2.86 bits per heavy atom. The van der Waals surface area contributed by atoms with Gasteiger partial charge in [0.05, 0.1) is 24.1 Å². The molecular formula is C16H18N6. The van der Waals surface area contributed by atoms with Crippen molar-refractivity contribution in [2.45, 2.75) is 44.6 Å². The molecule has 1 fully saturated rings. The minimum atomic E-state index is 0.243. The molecule has 3 heterocycles. The first-order chi connectivity index (χ1) is 10.8. The Morgan fingerprint density at radius 1 is 1.18 bits per heavy atom. The Kier molecular flexibility index (Phi) is 3.26. The number of aromatic amines is 1. The van der Waals surface area contributed by atoms with E-state index < -0.39 is 0 Å². The van der Waals surface area contributed by atoms with Gasteiger partial charge in [0.2, 0.25) is 0 Å². The summed E-state index contributed by atoms with van der Waals surface area (Å²) < 4.78 is 0. The summed E-state index contributed by atoms with van der Waals surface area (Å²) >= 11 is 0. The largest absolute Gasteiger partial charge is 0.345 e. The second kappa shape index (κ2) is 5.41. The zero-order chi connectivity index (χ0) is 14.9. The number of rotatable bonds is 2. The molecule has 0 saturated carbocycles. The molecule has 0 aromatic carbocycles. The zero-order valence-electron chi connectivity index (χ0n) is 12.4. The Bertz CT molecular complexity index is 688. The fraction of sp³-hybridized carbons (Fsp3) is 0.500. The van der Waals surface area contributed by atoms with Crippen molar-refractivity contribution >= 4 is 5.82 Å². The molecule has 1 aliphatic carbocycles. The fourth-order valence-corrected chi connectivity index (χ4v) is 3.49. The summed E-state index contributed by atoms with van der Waals surface area (Å²) in [6, 6.07) is 2.25. The first-order valence-corrected chi connectivity index (χ1v) is 7.91. The van der Waals surface area contributed by atoms with E-state index in [1.165, 1.54) is 30.4 Å². The highest BCUT2D eigenvalue weighted by atomic mass is 15.3. The molecule has 0 radical (unpaired) electrons. The van der Waals surface area contributed by atoms with E-state index in [9.17, 15) is 0 Å². The van der Waals surface area contributed by atoms with E-state index >= 15 is 0 Å². The predicted octanol–water partition coefficient (Wildman–Crippen LogP) is 2.29. The van der Waals surface area contributed by atoms with Crippen molar-refractivity contribution in [1.82, 2.24) is 19.9 Å². The highest BCUT2D eigenvalue weighted by Crippen LogP contribution is 2.34. The van der Waals surface area contributed by atoms with Crippen LogP contribution in [0, 0.1) is 11.3 Å². The van der Waals surface area contributed by atoms with Gasteiger partial charge in [0.15, 0.2) is 5.69 Å². The summed E-state index contributed by atoms with van der Waals surface area (Å²) in [6.45, 7) is 0.955. The molecule has 0 amide bonds. The van der Waals surface area contributed by atoms with Crippen LogP contribution in [0.2, 0.25) is 0 Å². The number of aromatic nitrogens is 4. The van der Waals surface area contributed by atoms with E-state index in [2.05, 4.69) is 19.9 Å². The molecule has 6 nitrogen and oxygen atoms in total. The van der Waals surface area contributed by atoms with Crippen LogP contribution in [0.15, 0.2) is 12.4 Å². The lowest BCUT2D eigenvalue weighted by molar-refractivity contribution is 0.666. The van der Waals surface area contributed by atoms with Crippen molar-refractivity contribution in [3.05, 3.63) is 35.3 Å². The van der Waals surface area contributed by atoms with Gasteiger partial charge >= 0.3 is 0 Å². The van der Waals surface area contributed by atoms with Crippen molar-refractivity contribution in [3.63, 3.8) is 0 Å². The molecule has 4 rings (SSSR count). The number of nitrogens with one attached hydrogen (secondary N) is 1. The SMILES string of the molecule is N#Cc1cnc(N2CCCC2c2nc3c([nH]2)CCCC3)cn1. The minimum Gasteiger partial charge on any atom is -0.345 e. The monoisotopic (exact) mass is 294 g/mol. The molecule has 1 N–H and O–H groups in total. The van der Waals surface area contributed by atoms with Crippen molar-refractivity contribution in [2.75, 3.05) is 11.4 Å². The average molecular weight is 294 g/mol. The third kappa shape index (κ3) is 2.23. The van der Waals surface area contributed by atoms with E-state index in [1.54, 1.807) is 6.20 Å². The summed E-state index contributed by atoms with van der Waals surface area (Å²) in [6.07, 6.45) is 10.1. The second-order valence-electron chi connectivity index (χ2n) is 5.98. The molecule has 0 spiro atoms. The molecule has 1 aliphatic heterocycles. The predicted molar refractivity (Wildman–Crippen MR) is 81.3 cm³/mol. The smallest absolute Gasteiger partial charge is 0.158 e. The van der Waals surface area contributed by atoms with Crippen LogP contribution in [0.5, 0.6) is 0 Å². The number of hydrogen-bond donors (Lipinski definition) is 1. The number of fused-ring (bicyclic) bond motifs is 1. The number of nitrogens with zero attached hydrogens (tertiary/aromatic N) is 5. The molecule has 1 saturated heterocycles. The van der Waals surface area contributed by atoms with Crippen LogP contribution in [0.4, 0.5) is 5.82 Å². The maximum atomic E-state index is 8.84. The van der Waals surface area contributed by atoms with Crippen LogP contribution in [0.3, 0.4) is 0 Å². The van der Waals surface area contributed by atoms with Crippen molar-refractivity contribution in [2.24, 2.45) is 0 Å². The van der Waals surface area contributed by atoms with E-state index in [1.807, 2.05) is 6.07 Å². The number of anilines is 1. The highest BCUT2D eigenvalue weighted by Gasteiger charge is 2.30. The van der Waals surface area contributed by atoms with E-state index in [0.29, 0.717) is 5.69 Å². The Balaban J connectivity index is 1.62. The van der Waals surface area contributed by atoms with Gasteiger partial charge < -0.3 is 9.88 Å². The molecule has 2 aliphatic rings. The van der Waals surface area contributed by atoms with Gasteiger partial charge in [0.25, 0.3) is 0 Å². The lowest BCUT2D eigenvalue weighted by Crippen LogP contribution is -2.24. The van der Waals surface area contributed by atoms with Crippen molar-refractivity contribution in [3.8, 4) is 6.07 Å². The van der Waals surface area contributed by atoms with Crippen molar-refractivity contribution in [1.29, 1.82) is 5.26 Å². The third-order valence-corrected chi connectivity index (χ3v) is 4.59. The number of imidazole rings is 1. The van der Waals surface area contributed by atoms with E-state index in [4.69, 9.17) is 10.2 Å². The van der Waals surface area contributed by atoms with Crippen LogP contribution in [0.1, 0.15) is 54.6 Å². The van der Waals surface area contributed by atoms with Gasteiger partial charge in [-0.3, -0.25) is 0 Å². The van der Waals surface area contributed by atoms with Gasteiger partial charge in [-0.1, -0.05) is 0 Å². The van der Waals surface area contributed by atoms with Crippen LogP contribution >= 0.6 is 0 Å².